The van der Waals surface area contributed by atoms with Crippen LogP contribution < -0.4 is 21.3 Å². The summed E-state index contributed by atoms with van der Waals surface area (Å²) in [5.41, 5.74) is 5.86. The summed E-state index contributed by atoms with van der Waals surface area (Å²) in [6.07, 6.45) is 6.21. The van der Waals surface area contributed by atoms with Gasteiger partial charge in [0.15, 0.2) is 0 Å². The predicted molar refractivity (Wildman–Crippen MR) is 167 cm³/mol. The lowest BCUT2D eigenvalue weighted by molar-refractivity contribution is -0.122. The van der Waals surface area contributed by atoms with Crippen molar-refractivity contribution in [1.29, 1.82) is 0 Å². The first kappa shape index (κ1) is 32.2. The largest absolute Gasteiger partial charge is 0.449 e. The molecule has 1 heterocycles. The number of rotatable bonds is 15. The van der Waals surface area contributed by atoms with Crippen LogP contribution in [-0.2, 0) is 27.2 Å². The summed E-state index contributed by atoms with van der Waals surface area (Å²) in [5, 5.41) is 11.1. The molecule has 1 aromatic heterocycles. The molecular weight excluding hydrogens is 560 g/mol. The zero-order valence-corrected chi connectivity index (χ0v) is 25.6. The molecule has 2 atom stereocenters. The fraction of sp³-hybridized carbons (Fsp3) is 0.424. The van der Waals surface area contributed by atoms with E-state index >= 15 is 0 Å². The van der Waals surface area contributed by atoms with Gasteiger partial charge in [-0.3, -0.25) is 14.4 Å². The number of hydrogen-bond donors (Lipinski definition) is 5. The van der Waals surface area contributed by atoms with Gasteiger partial charge in [-0.15, -0.1) is 0 Å². The van der Waals surface area contributed by atoms with E-state index in [1.165, 1.54) is 13.4 Å². The minimum atomic E-state index is -0.867. The summed E-state index contributed by atoms with van der Waals surface area (Å²) < 4.78 is 5.73. The van der Waals surface area contributed by atoms with Crippen molar-refractivity contribution in [3.05, 3.63) is 76.9 Å². The van der Waals surface area contributed by atoms with Gasteiger partial charge in [0.2, 0.25) is 11.8 Å². The minimum absolute atomic E-state index is 0.0115. The smallest absolute Gasteiger partial charge is 0.407 e. The summed E-state index contributed by atoms with van der Waals surface area (Å²) in [6, 6.07) is 10.9. The van der Waals surface area contributed by atoms with E-state index in [-0.39, 0.29) is 36.7 Å². The highest BCUT2D eigenvalue weighted by Gasteiger charge is 2.33. The lowest BCUT2D eigenvalue weighted by Crippen LogP contribution is -2.47. The fourth-order valence-corrected chi connectivity index (χ4v) is 5.46. The van der Waals surface area contributed by atoms with E-state index in [0.717, 1.165) is 40.7 Å². The van der Waals surface area contributed by atoms with Crippen LogP contribution in [-0.4, -0.2) is 66.6 Å². The van der Waals surface area contributed by atoms with Gasteiger partial charge in [-0.05, 0) is 59.6 Å². The summed E-state index contributed by atoms with van der Waals surface area (Å²) in [6.45, 7) is 5.27. The van der Waals surface area contributed by atoms with Crippen molar-refractivity contribution < 1.29 is 23.9 Å². The Morgan fingerprint density at radius 2 is 1.82 bits per heavy atom. The average molecular weight is 603 g/mol. The highest BCUT2D eigenvalue weighted by molar-refractivity contribution is 6.03. The molecule has 44 heavy (non-hydrogen) atoms. The van der Waals surface area contributed by atoms with E-state index in [1.807, 2.05) is 44.2 Å². The van der Waals surface area contributed by atoms with E-state index < -0.39 is 12.1 Å². The van der Waals surface area contributed by atoms with E-state index in [4.69, 9.17) is 4.74 Å². The normalized spacial score (nSPS) is 13.8. The molecule has 3 aromatic rings. The van der Waals surface area contributed by atoms with Crippen LogP contribution in [0.3, 0.4) is 0 Å². The number of alkyl carbamates (subject to hydrolysis) is 1. The van der Waals surface area contributed by atoms with Crippen LogP contribution in [0.25, 0.3) is 11.1 Å². The second-order valence-corrected chi connectivity index (χ2v) is 10.9. The van der Waals surface area contributed by atoms with Crippen LogP contribution in [0, 0.1) is 0 Å². The average Bonchev–Trinajstić information content (AvgIpc) is 3.66. The molecule has 0 aliphatic heterocycles. The number of aromatic amines is 1. The van der Waals surface area contributed by atoms with Gasteiger partial charge in [0.25, 0.3) is 5.91 Å². The van der Waals surface area contributed by atoms with Crippen LogP contribution in [0.15, 0.2) is 48.9 Å². The third kappa shape index (κ3) is 8.03. The molecule has 0 saturated carbocycles. The summed E-state index contributed by atoms with van der Waals surface area (Å²) >= 11 is 0. The number of nitrogens with zero attached hydrogens (tertiary/aromatic N) is 1. The second-order valence-electron chi connectivity index (χ2n) is 10.9. The molecule has 4 amide bonds. The zero-order chi connectivity index (χ0) is 31.5. The predicted octanol–water partition coefficient (Wildman–Crippen LogP) is 3.59. The van der Waals surface area contributed by atoms with Gasteiger partial charge in [0.05, 0.1) is 12.0 Å². The Morgan fingerprint density at radius 3 is 2.55 bits per heavy atom. The van der Waals surface area contributed by atoms with Gasteiger partial charge in [-0.1, -0.05) is 44.2 Å². The van der Waals surface area contributed by atoms with E-state index in [9.17, 15) is 19.2 Å². The van der Waals surface area contributed by atoms with Crippen molar-refractivity contribution in [3.63, 3.8) is 0 Å². The topological polar surface area (TPSA) is 154 Å². The van der Waals surface area contributed by atoms with Gasteiger partial charge < -0.3 is 31.0 Å². The van der Waals surface area contributed by atoms with Crippen molar-refractivity contribution in [1.82, 2.24) is 31.2 Å². The maximum atomic E-state index is 13.1. The minimum Gasteiger partial charge on any atom is -0.449 e. The summed E-state index contributed by atoms with van der Waals surface area (Å²) in [4.78, 5) is 57.7. The van der Waals surface area contributed by atoms with Gasteiger partial charge in [-0.2, -0.15) is 0 Å². The third-order valence-electron chi connectivity index (χ3n) is 7.66. The molecule has 0 spiro atoms. The number of benzene rings is 2. The van der Waals surface area contributed by atoms with Crippen LogP contribution in [0.4, 0.5) is 4.79 Å². The third-order valence-corrected chi connectivity index (χ3v) is 7.66. The Hall–Kier alpha value is -4.67. The number of carbonyl (C=O) groups is 4. The molecule has 1 aliphatic rings. The number of nitrogens with one attached hydrogen (secondary N) is 5. The molecule has 0 radical (unpaired) electrons. The monoisotopic (exact) mass is 602 g/mol. The van der Waals surface area contributed by atoms with Crippen LogP contribution in [0.1, 0.15) is 78.2 Å². The number of aryl methyl sites for hydroxylation is 1. The number of carbonyl (C=O) groups excluding carboxylic acids is 4. The molecule has 234 valence electrons. The highest BCUT2D eigenvalue weighted by atomic mass is 16.5. The molecule has 5 N–H and O–H groups in total. The molecule has 0 bridgehead atoms. The van der Waals surface area contributed by atoms with Gasteiger partial charge in [0, 0.05) is 50.7 Å². The van der Waals surface area contributed by atoms with Gasteiger partial charge in [-0.25, -0.2) is 9.78 Å². The van der Waals surface area contributed by atoms with E-state index in [0.29, 0.717) is 43.6 Å². The molecule has 0 saturated heterocycles. The van der Waals surface area contributed by atoms with Crippen molar-refractivity contribution in [2.45, 2.75) is 64.3 Å². The van der Waals surface area contributed by atoms with Crippen molar-refractivity contribution in [3.8, 4) is 11.1 Å². The Morgan fingerprint density at radius 1 is 1.02 bits per heavy atom. The number of H-pyrrole nitrogens is 1. The van der Waals surface area contributed by atoms with E-state index in [1.54, 1.807) is 6.20 Å². The number of fused-ring (bicyclic) bond motifs is 3. The molecule has 1 unspecified atom stereocenters. The van der Waals surface area contributed by atoms with Crippen LogP contribution in [0.5, 0.6) is 0 Å². The molecule has 1 aliphatic carbocycles. The standard InChI is InChI=1S/C33H42N6O5/c1-4-14-36-29(40)11-6-8-21-12-13-24-26(16-21)27(23-9-7-10-25(30(23)24)31(41)37-15-5-2)19-44-33(43)39-28(32(42)34-3)17-22-18-35-20-38-22/h7,9-10,12-13,16,18,20,27-28H,4-6,8,11,14-15,17,19H2,1-3H3,(H,34,42)(H,35,38)(H,36,40)(H,37,41)(H,39,43)/t27?,28-/m0/s1. The maximum absolute atomic E-state index is 13.1. The number of ether oxygens (including phenoxy) is 1. The quantitative estimate of drug-likeness (QED) is 0.179. The molecule has 0 fully saturated rings. The SMILES string of the molecule is CCCNC(=O)CCCc1ccc2c(c1)C(COC(=O)N[C@@H](Cc1c[nH]cn1)C(=O)NC)c1cccc(C(=O)NCCC)c1-2. The summed E-state index contributed by atoms with van der Waals surface area (Å²) in [7, 11) is 1.50. The van der Waals surface area contributed by atoms with Crippen molar-refractivity contribution >= 4 is 23.8 Å². The fourth-order valence-electron chi connectivity index (χ4n) is 5.46. The first-order chi connectivity index (χ1) is 21.4. The Balaban J connectivity index is 1.55. The Labute approximate surface area is 257 Å². The Kier molecular flexibility index (Phi) is 11.5. The second kappa shape index (κ2) is 15.7. The zero-order valence-electron chi connectivity index (χ0n) is 25.6. The Bertz CT molecular complexity index is 1450. The van der Waals surface area contributed by atoms with Crippen LogP contribution >= 0.6 is 0 Å². The number of hydrogen-bond acceptors (Lipinski definition) is 6. The van der Waals surface area contributed by atoms with Gasteiger partial charge >= 0.3 is 6.09 Å². The lowest BCUT2D eigenvalue weighted by Gasteiger charge is -2.19. The van der Waals surface area contributed by atoms with Crippen molar-refractivity contribution in [2.75, 3.05) is 26.7 Å². The maximum Gasteiger partial charge on any atom is 0.407 e. The first-order valence-electron chi connectivity index (χ1n) is 15.3. The summed E-state index contributed by atoms with van der Waals surface area (Å²) in [5.74, 6) is -0.787. The molecule has 11 nitrogen and oxygen atoms in total. The van der Waals surface area contributed by atoms with Crippen molar-refractivity contribution in [2.24, 2.45) is 0 Å². The number of amides is 4. The molecule has 11 heteroatoms. The highest BCUT2D eigenvalue weighted by Crippen LogP contribution is 2.47. The molecule has 4 rings (SSSR count). The van der Waals surface area contributed by atoms with E-state index in [2.05, 4.69) is 37.3 Å². The van der Waals surface area contributed by atoms with Gasteiger partial charge in [0.1, 0.15) is 12.6 Å². The number of aromatic nitrogens is 2. The lowest BCUT2D eigenvalue weighted by atomic mass is 9.95. The number of likely N-dealkylation sites (N-methyl/N-ethyl adjacent to an activating group) is 1. The molecule has 2 aromatic carbocycles. The first-order valence-corrected chi connectivity index (χ1v) is 15.3. The number of imidazole rings is 1. The molecular formula is C33H42N6O5. The van der Waals surface area contributed by atoms with Crippen LogP contribution in [0.2, 0.25) is 0 Å².